The third-order valence-electron chi connectivity index (χ3n) is 4.35. The van der Waals surface area contributed by atoms with Crippen LogP contribution in [0.2, 0.25) is 0 Å². The van der Waals surface area contributed by atoms with Gasteiger partial charge in [0.1, 0.15) is 18.5 Å². The Morgan fingerprint density at radius 3 is 2.64 bits per heavy atom. The highest BCUT2D eigenvalue weighted by Gasteiger charge is 2.20. The van der Waals surface area contributed by atoms with Crippen molar-refractivity contribution in [1.82, 2.24) is 0 Å². The topological polar surface area (TPSA) is 49.8 Å². The Morgan fingerprint density at radius 1 is 1.20 bits per heavy atom. The molecule has 1 aliphatic heterocycles. The van der Waals surface area contributed by atoms with Gasteiger partial charge in [-0.2, -0.15) is 0 Å². The number of ether oxygens (including phenoxy) is 1. The third kappa shape index (κ3) is 4.74. The number of fused-ring (bicyclic) bond motifs is 1. The molecule has 1 atom stereocenters. The van der Waals surface area contributed by atoms with Crippen molar-refractivity contribution in [3.8, 4) is 5.75 Å². The smallest absolute Gasteiger partial charge is 0.162 e. The van der Waals surface area contributed by atoms with Gasteiger partial charge >= 0.3 is 0 Å². The van der Waals surface area contributed by atoms with E-state index in [0.717, 1.165) is 13.0 Å². The van der Waals surface area contributed by atoms with E-state index in [1.165, 1.54) is 11.3 Å². The standard InChI is InChI=1S/C20H23NO3.ClH/c1-2-20(23)16-7-9-18(10-8-16)24-14-17(22)13-21-12-11-15-5-3-4-6-19(15)21;/h3-10,17,22H,2,11-14H2,1H3;1H. The van der Waals surface area contributed by atoms with Crippen LogP contribution in [0.1, 0.15) is 29.3 Å². The number of para-hydroxylation sites is 1. The number of benzene rings is 2. The molecule has 0 spiro atoms. The fourth-order valence-electron chi connectivity index (χ4n) is 3.04. The summed E-state index contributed by atoms with van der Waals surface area (Å²) in [6, 6.07) is 15.4. The minimum absolute atomic E-state index is 0. The number of rotatable bonds is 7. The van der Waals surface area contributed by atoms with Crippen molar-refractivity contribution in [2.45, 2.75) is 25.9 Å². The Morgan fingerprint density at radius 2 is 1.92 bits per heavy atom. The summed E-state index contributed by atoms with van der Waals surface area (Å²) in [6.07, 6.45) is 0.959. The first kappa shape index (κ1) is 19.3. The molecule has 3 rings (SSSR count). The van der Waals surface area contributed by atoms with Crippen LogP contribution in [0.25, 0.3) is 0 Å². The van der Waals surface area contributed by atoms with Crippen molar-refractivity contribution in [3.05, 3.63) is 59.7 Å². The van der Waals surface area contributed by atoms with Gasteiger partial charge in [-0.05, 0) is 42.3 Å². The summed E-state index contributed by atoms with van der Waals surface area (Å²) in [4.78, 5) is 13.8. The number of aliphatic hydroxyl groups is 1. The molecule has 0 aromatic heterocycles. The van der Waals surface area contributed by atoms with Gasteiger partial charge in [0.05, 0.1) is 0 Å². The van der Waals surface area contributed by atoms with Crippen LogP contribution in [-0.4, -0.2) is 36.7 Å². The van der Waals surface area contributed by atoms with Crippen LogP contribution in [0.4, 0.5) is 5.69 Å². The van der Waals surface area contributed by atoms with Crippen LogP contribution in [0.5, 0.6) is 5.75 Å². The fraction of sp³-hybridized carbons (Fsp3) is 0.350. The first-order valence-corrected chi connectivity index (χ1v) is 8.44. The Hall–Kier alpha value is -2.04. The van der Waals surface area contributed by atoms with Crippen molar-refractivity contribution in [1.29, 1.82) is 0 Å². The number of Topliss-reactive ketones (excluding diaryl/α,β-unsaturated/α-hetero) is 1. The van der Waals surface area contributed by atoms with Crippen LogP contribution >= 0.6 is 12.4 Å². The molecule has 0 saturated heterocycles. The molecular formula is C20H24ClNO3. The first-order chi connectivity index (χ1) is 11.7. The molecular weight excluding hydrogens is 338 g/mol. The molecule has 0 aliphatic carbocycles. The Labute approximate surface area is 154 Å². The van der Waals surface area contributed by atoms with E-state index >= 15 is 0 Å². The van der Waals surface area contributed by atoms with Crippen LogP contribution in [0, 0.1) is 0 Å². The molecule has 4 nitrogen and oxygen atoms in total. The summed E-state index contributed by atoms with van der Waals surface area (Å²) in [7, 11) is 0. The van der Waals surface area contributed by atoms with Crippen LogP contribution in [0.15, 0.2) is 48.5 Å². The molecule has 134 valence electrons. The average Bonchev–Trinajstić information content (AvgIpc) is 3.03. The minimum Gasteiger partial charge on any atom is -0.491 e. The van der Waals surface area contributed by atoms with Crippen molar-refractivity contribution in [2.75, 3.05) is 24.6 Å². The van der Waals surface area contributed by atoms with E-state index in [1.807, 2.05) is 13.0 Å². The molecule has 1 N–H and O–H groups in total. The molecule has 2 aromatic carbocycles. The maximum absolute atomic E-state index is 11.6. The number of carbonyl (C=O) groups is 1. The van der Waals surface area contributed by atoms with Gasteiger partial charge in [-0.3, -0.25) is 4.79 Å². The number of hydrogen-bond acceptors (Lipinski definition) is 4. The SMILES string of the molecule is CCC(=O)c1ccc(OCC(O)CN2CCc3ccccc32)cc1.Cl. The molecule has 0 radical (unpaired) electrons. The second-order valence-electron chi connectivity index (χ2n) is 6.09. The predicted molar refractivity (Wildman–Crippen MR) is 102 cm³/mol. The molecule has 1 heterocycles. The molecule has 25 heavy (non-hydrogen) atoms. The van der Waals surface area contributed by atoms with Gasteiger partial charge < -0.3 is 14.7 Å². The van der Waals surface area contributed by atoms with E-state index in [9.17, 15) is 9.90 Å². The van der Waals surface area contributed by atoms with Crippen molar-refractivity contribution < 1.29 is 14.6 Å². The minimum atomic E-state index is -0.562. The number of hydrogen-bond donors (Lipinski definition) is 1. The average molecular weight is 362 g/mol. The molecule has 0 amide bonds. The molecule has 5 heteroatoms. The van der Waals surface area contributed by atoms with Crippen LogP contribution in [-0.2, 0) is 6.42 Å². The lowest BCUT2D eigenvalue weighted by Crippen LogP contribution is -2.34. The van der Waals surface area contributed by atoms with Gasteiger partial charge in [0.25, 0.3) is 0 Å². The second kappa shape index (κ2) is 8.88. The van der Waals surface area contributed by atoms with Crippen LogP contribution in [0.3, 0.4) is 0 Å². The zero-order valence-electron chi connectivity index (χ0n) is 14.4. The van der Waals surface area contributed by atoms with Gasteiger partial charge in [-0.15, -0.1) is 12.4 Å². The normalized spacial score (nSPS) is 13.8. The van der Waals surface area contributed by atoms with E-state index in [-0.39, 0.29) is 24.8 Å². The van der Waals surface area contributed by atoms with E-state index in [4.69, 9.17) is 4.74 Å². The van der Waals surface area contributed by atoms with E-state index in [0.29, 0.717) is 24.3 Å². The lowest BCUT2D eigenvalue weighted by Gasteiger charge is -2.23. The first-order valence-electron chi connectivity index (χ1n) is 8.44. The highest BCUT2D eigenvalue weighted by molar-refractivity contribution is 5.95. The number of aliphatic hydroxyl groups excluding tert-OH is 1. The van der Waals surface area contributed by atoms with E-state index < -0.39 is 6.10 Å². The van der Waals surface area contributed by atoms with Crippen molar-refractivity contribution in [2.24, 2.45) is 0 Å². The van der Waals surface area contributed by atoms with Crippen LogP contribution < -0.4 is 9.64 Å². The van der Waals surface area contributed by atoms with Gasteiger partial charge in [0.2, 0.25) is 0 Å². The molecule has 0 saturated carbocycles. The summed E-state index contributed by atoms with van der Waals surface area (Å²) in [6.45, 7) is 3.58. The Balaban J connectivity index is 0.00000225. The number of halogens is 1. The lowest BCUT2D eigenvalue weighted by atomic mass is 10.1. The number of anilines is 1. The van der Waals surface area contributed by atoms with Gasteiger partial charge in [0.15, 0.2) is 5.78 Å². The van der Waals surface area contributed by atoms with E-state index in [1.54, 1.807) is 24.3 Å². The molecule has 0 bridgehead atoms. The third-order valence-corrected chi connectivity index (χ3v) is 4.35. The molecule has 2 aromatic rings. The molecule has 1 unspecified atom stereocenters. The molecule has 1 aliphatic rings. The quantitative estimate of drug-likeness (QED) is 0.767. The van der Waals surface area contributed by atoms with Crippen molar-refractivity contribution in [3.63, 3.8) is 0 Å². The maximum Gasteiger partial charge on any atom is 0.162 e. The van der Waals surface area contributed by atoms with Gasteiger partial charge in [0, 0.05) is 30.8 Å². The van der Waals surface area contributed by atoms with E-state index in [2.05, 4.69) is 23.1 Å². The van der Waals surface area contributed by atoms with Crippen molar-refractivity contribution >= 4 is 23.9 Å². The zero-order chi connectivity index (χ0) is 16.9. The summed E-state index contributed by atoms with van der Waals surface area (Å²) in [5.74, 6) is 0.790. The Kier molecular flexibility index (Phi) is 6.85. The zero-order valence-corrected chi connectivity index (χ0v) is 15.2. The number of nitrogens with zero attached hydrogens (tertiary/aromatic N) is 1. The van der Waals surface area contributed by atoms with Gasteiger partial charge in [-0.1, -0.05) is 25.1 Å². The highest BCUT2D eigenvalue weighted by atomic mass is 35.5. The lowest BCUT2D eigenvalue weighted by molar-refractivity contribution is 0.0987. The summed E-state index contributed by atoms with van der Waals surface area (Å²) in [5.41, 5.74) is 3.24. The highest BCUT2D eigenvalue weighted by Crippen LogP contribution is 2.27. The fourth-order valence-corrected chi connectivity index (χ4v) is 3.04. The number of β-amino-alcohol motifs (C(OH)–C–C–N with tert-alkyl or cyclic N) is 1. The largest absolute Gasteiger partial charge is 0.491 e. The van der Waals surface area contributed by atoms with Gasteiger partial charge in [-0.25, -0.2) is 0 Å². The second-order valence-corrected chi connectivity index (χ2v) is 6.09. The predicted octanol–water partition coefficient (Wildman–Crippen LogP) is 3.50. The maximum atomic E-state index is 11.6. The Bertz CT molecular complexity index is 702. The number of carbonyl (C=O) groups excluding carboxylic acids is 1. The summed E-state index contributed by atoms with van der Waals surface area (Å²) >= 11 is 0. The molecule has 0 fully saturated rings. The monoisotopic (exact) mass is 361 g/mol. The summed E-state index contributed by atoms with van der Waals surface area (Å²) < 4.78 is 5.65. The summed E-state index contributed by atoms with van der Waals surface area (Å²) in [5, 5.41) is 10.3. The number of ketones is 1.